The van der Waals surface area contributed by atoms with Gasteiger partial charge in [-0.1, -0.05) is 29.8 Å². The summed E-state index contributed by atoms with van der Waals surface area (Å²) in [4.78, 5) is 16.7. The number of carbonyl (C=O) groups excluding carboxylic acids is 1. The molecule has 0 atom stereocenters. The van der Waals surface area contributed by atoms with Crippen molar-refractivity contribution in [1.82, 2.24) is 0 Å². The summed E-state index contributed by atoms with van der Waals surface area (Å²) in [6, 6.07) is 20.1. The van der Waals surface area contributed by atoms with Crippen molar-refractivity contribution in [3.05, 3.63) is 94.1 Å². The number of aliphatic imine (C=N–C) groups is 1. The predicted molar refractivity (Wildman–Crippen MR) is 127 cm³/mol. The van der Waals surface area contributed by atoms with Gasteiger partial charge in [0.05, 0.1) is 13.7 Å². The fourth-order valence-corrected chi connectivity index (χ4v) is 3.31. The third-order valence-electron chi connectivity index (χ3n) is 4.83. The van der Waals surface area contributed by atoms with Gasteiger partial charge in [-0.25, -0.2) is 9.79 Å². The van der Waals surface area contributed by atoms with Crippen LogP contribution in [-0.2, 0) is 16.1 Å². The topological polar surface area (TPSA) is 66.3 Å². The van der Waals surface area contributed by atoms with Gasteiger partial charge in [-0.05, 0) is 72.7 Å². The Morgan fingerprint density at radius 3 is 2.42 bits per heavy atom. The van der Waals surface area contributed by atoms with Crippen LogP contribution in [0.3, 0.4) is 0 Å². The number of ether oxygens (including phenoxy) is 4. The third kappa shape index (κ3) is 5.54. The summed E-state index contributed by atoms with van der Waals surface area (Å²) in [6.45, 7) is 2.87. The van der Waals surface area contributed by atoms with Crippen molar-refractivity contribution < 1.29 is 23.7 Å². The lowest BCUT2D eigenvalue weighted by atomic mass is 10.1. The Labute approximate surface area is 197 Å². The molecule has 0 saturated carbocycles. The second kappa shape index (κ2) is 10.2. The van der Waals surface area contributed by atoms with Crippen LogP contribution >= 0.6 is 11.6 Å². The minimum atomic E-state index is -0.513. The van der Waals surface area contributed by atoms with Gasteiger partial charge >= 0.3 is 5.97 Å². The van der Waals surface area contributed by atoms with Crippen molar-refractivity contribution in [3.63, 3.8) is 0 Å². The van der Waals surface area contributed by atoms with E-state index in [1.807, 2.05) is 49.4 Å². The molecule has 1 heterocycles. The Bertz CT molecular complexity index is 1200. The summed E-state index contributed by atoms with van der Waals surface area (Å²) < 4.78 is 22.1. The quantitative estimate of drug-likeness (QED) is 0.318. The van der Waals surface area contributed by atoms with Crippen LogP contribution in [0.5, 0.6) is 17.2 Å². The molecule has 7 heteroatoms. The molecule has 33 heavy (non-hydrogen) atoms. The van der Waals surface area contributed by atoms with Crippen LogP contribution < -0.4 is 14.2 Å². The van der Waals surface area contributed by atoms with Crippen LogP contribution in [0, 0.1) is 0 Å². The molecule has 0 N–H and O–H groups in total. The highest BCUT2D eigenvalue weighted by molar-refractivity contribution is 6.30. The highest BCUT2D eigenvalue weighted by Crippen LogP contribution is 2.30. The fraction of sp³-hybridized carbons (Fsp3) is 0.154. The van der Waals surface area contributed by atoms with Gasteiger partial charge in [-0.15, -0.1) is 0 Å². The highest BCUT2D eigenvalue weighted by atomic mass is 35.5. The number of benzene rings is 3. The maximum Gasteiger partial charge on any atom is 0.363 e. The maximum atomic E-state index is 12.3. The molecule has 3 aromatic rings. The van der Waals surface area contributed by atoms with E-state index >= 15 is 0 Å². The molecule has 0 unspecified atom stereocenters. The third-order valence-corrected chi connectivity index (χ3v) is 5.08. The number of cyclic esters (lactones) is 1. The molecular formula is C26H22ClNO5. The van der Waals surface area contributed by atoms with Gasteiger partial charge in [0.15, 0.2) is 17.2 Å². The van der Waals surface area contributed by atoms with Crippen molar-refractivity contribution in [2.24, 2.45) is 4.99 Å². The van der Waals surface area contributed by atoms with Crippen LogP contribution in [0.15, 0.2) is 77.4 Å². The summed E-state index contributed by atoms with van der Waals surface area (Å²) in [5.41, 5.74) is 2.61. The van der Waals surface area contributed by atoms with E-state index in [0.29, 0.717) is 35.3 Å². The smallest absolute Gasteiger partial charge is 0.363 e. The van der Waals surface area contributed by atoms with Crippen LogP contribution in [0.4, 0.5) is 0 Å². The van der Waals surface area contributed by atoms with E-state index in [1.54, 1.807) is 37.5 Å². The monoisotopic (exact) mass is 463 g/mol. The van der Waals surface area contributed by atoms with E-state index in [1.165, 1.54) is 0 Å². The van der Waals surface area contributed by atoms with E-state index in [2.05, 4.69) is 4.99 Å². The normalized spacial score (nSPS) is 14.1. The first-order valence-corrected chi connectivity index (χ1v) is 10.7. The fourth-order valence-electron chi connectivity index (χ4n) is 3.19. The van der Waals surface area contributed by atoms with Crippen LogP contribution in [-0.4, -0.2) is 25.6 Å². The molecule has 1 aliphatic heterocycles. The molecule has 0 bridgehead atoms. The average Bonchev–Trinajstić information content (AvgIpc) is 3.20. The molecule has 0 radical (unpaired) electrons. The van der Waals surface area contributed by atoms with Gasteiger partial charge in [0.2, 0.25) is 5.90 Å². The zero-order chi connectivity index (χ0) is 23.2. The number of hydrogen-bond acceptors (Lipinski definition) is 6. The van der Waals surface area contributed by atoms with Gasteiger partial charge in [0, 0.05) is 10.6 Å². The minimum Gasteiger partial charge on any atom is -0.494 e. The van der Waals surface area contributed by atoms with Gasteiger partial charge in [0.1, 0.15) is 12.4 Å². The summed E-state index contributed by atoms with van der Waals surface area (Å²) in [6.07, 6.45) is 1.65. The van der Waals surface area contributed by atoms with Gasteiger partial charge in [-0.3, -0.25) is 0 Å². The lowest BCUT2D eigenvalue weighted by molar-refractivity contribution is -0.129. The summed E-state index contributed by atoms with van der Waals surface area (Å²) >= 11 is 5.92. The number of hydrogen-bond donors (Lipinski definition) is 0. The summed E-state index contributed by atoms with van der Waals surface area (Å²) in [5.74, 6) is 1.61. The SMILES string of the molecule is CCOc1ccc(C2=NC(=Cc3ccc(OCc4ccc(Cl)cc4)c(OC)c3)C(=O)O2)cc1. The van der Waals surface area contributed by atoms with E-state index in [4.69, 9.17) is 30.5 Å². The Morgan fingerprint density at radius 1 is 0.970 bits per heavy atom. The zero-order valence-corrected chi connectivity index (χ0v) is 19.0. The van der Waals surface area contributed by atoms with Gasteiger partial charge in [0.25, 0.3) is 0 Å². The predicted octanol–water partition coefficient (Wildman–Crippen LogP) is 5.67. The molecule has 0 spiro atoms. The molecular weight excluding hydrogens is 442 g/mol. The average molecular weight is 464 g/mol. The van der Waals surface area contributed by atoms with Crippen molar-refractivity contribution >= 4 is 29.5 Å². The number of rotatable bonds is 8. The summed E-state index contributed by atoms with van der Waals surface area (Å²) in [7, 11) is 1.56. The Morgan fingerprint density at radius 2 is 1.73 bits per heavy atom. The zero-order valence-electron chi connectivity index (χ0n) is 18.2. The Hall–Kier alpha value is -3.77. The largest absolute Gasteiger partial charge is 0.494 e. The van der Waals surface area contributed by atoms with Crippen molar-refractivity contribution in [1.29, 1.82) is 0 Å². The van der Waals surface area contributed by atoms with Crippen molar-refractivity contribution in [2.45, 2.75) is 13.5 Å². The number of methoxy groups -OCH3 is 1. The minimum absolute atomic E-state index is 0.204. The van der Waals surface area contributed by atoms with Gasteiger partial charge in [-0.2, -0.15) is 0 Å². The Balaban J connectivity index is 1.50. The molecule has 0 saturated heterocycles. The molecule has 0 aromatic heterocycles. The van der Waals surface area contributed by atoms with Gasteiger partial charge < -0.3 is 18.9 Å². The highest BCUT2D eigenvalue weighted by Gasteiger charge is 2.24. The molecule has 0 amide bonds. The molecule has 6 nitrogen and oxygen atoms in total. The number of esters is 1. The molecule has 3 aromatic carbocycles. The first-order valence-electron chi connectivity index (χ1n) is 10.4. The van der Waals surface area contributed by atoms with Crippen molar-refractivity contribution in [3.8, 4) is 17.2 Å². The molecule has 168 valence electrons. The lowest BCUT2D eigenvalue weighted by Gasteiger charge is -2.11. The Kier molecular flexibility index (Phi) is 6.95. The second-order valence-corrected chi connectivity index (χ2v) is 7.56. The summed E-state index contributed by atoms with van der Waals surface area (Å²) in [5, 5.41) is 0.674. The lowest BCUT2D eigenvalue weighted by Crippen LogP contribution is -2.05. The number of carbonyl (C=O) groups is 1. The molecule has 1 aliphatic rings. The molecule has 0 fully saturated rings. The van der Waals surface area contributed by atoms with Crippen LogP contribution in [0.2, 0.25) is 5.02 Å². The maximum absolute atomic E-state index is 12.3. The van der Waals surface area contributed by atoms with Crippen molar-refractivity contribution in [2.75, 3.05) is 13.7 Å². The number of nitrogens with zero attached hydrogens (tertiary/aromatic N) is 1. The van der Waals surface area contributed by atoms with Crippen LogP contribution in [0.25, 0.3) is 6.08 Å². The van der Waals surface area contributed by atoms with E-state index < -0.39 is 5.97 Å². The van der Waals surface area contributed by atoms with Crippen LogP contribution in [0.1, 0.15) is 23.6 Å². The van der Waals surface area contributed by atoms with E-state index in [0.717, 1.165) is 16.9 Å². The first-order chi connectivity index (χ1) is 16.1. The molecule has 0 aliphatic carbocycles. The number of halogens is 1. The first kappa shape index (κ1) is 22.4. The standard InChI is InChI=1S/C26H22ClNO5/c1-3-31-21-11-7-19(8-12-21)25-28-22(26(29)33-25)14-18-6-13-23(24(15-18)30-2)32-16-17-4-9-20(27)10-5-17/h4-15H,3,16H2,1-2H3. The van der Waals surface area contributed by atoms with E-state index in [9.17, 15) is 4.79 Å². The molecule has 4 rings (SSSR count). The van der Waals surface area contributed by atoms with E-state index in [-0.39, 0.29) is 11.6 Å². The second-order valence-electron chi connectivity index (χ2n) is 7.12.